The van der Waals surface area contributed by atoms with Crippen molar-refractivity contribution in [2.45, 2.75) is 0 Å². The number of pyridine rings is 1. The van der Waals surface area contributed by atoms with Crippen molar-refractivity contribution in [3.63, 3.8) is 0 Å². The van der Waals surface area contributed by atoms with Crippen LogP contribution < -0.4 is 5.32 Å². The first-order valence-corrected chi connectivity index (χ1v) is 7.68. The molecule has 0 spiro atoms. The van der Waals surface area contributed by atoms with Crippen molar-refractivity contribution in [1.82, 2.24) is 19.9 Å². The summed E-state index contributed by atoms with van der Waals surface area (Å²) in [6.45, 7) is 5.35. The van der Waals surface area contributed by atoms with Crippen LogP contribution >= 0.6 is 11.6 Å². The Morgan fingerprint density at radius 1 is 1.18 bits per heavy atom. The molecule has 0 bridgehead atoms. The summed E-state index contributed by atoms with van der Waals surface area (Å²) in [5.74, 6) is 1.34. The maximum absolute atomic E-state index is 6.09. The molecule has 0 radical (unpaired) electrons. The summed E-state index contributed by atoms with van der Waals surface area (Å²) in [7, 11) is 0. The third kappa shape index (κ3) is 4.13. The van der Waals surface area contributed by atoms with Gasteiger partial charge in [0.2, 0.25) is 0 Å². The Morgan fingerprint density at radius 3 is 2.73 bits per heavy atom. The van der Waals surface area contributed by atoms with Gasteiger partial charge in [-0.25, -0.2) is 9.97 Å². The van der Waals surface area contributed by atoms with E-state index >= 15 is 0 Å². The fourth-order valence-corrected chi connectivity index (χ4v) is 2.49. The SMILES string of the molecule is Clc1cc(NCCN2CCOCC2)nc(-c2ccncc2)n1. The molecule has 0 aromatic carbocycles. The molecule has 2 aromatic heterocycles. The van der Waals surface area contributed by atoms with Gasteiger partial charge in [-0.1, -0.05) is 11.6 Å². The molecule has 1 aliphatic rings. The predicted octanol–water partition coefficient (Wildman–Crippen LogP) is 1.94. The highest BCUT2D eigenvalue weighted by Gasteiger charge is 2.10. The van der Waals surface area contributed by atoms with Gasteiger partial charge in [0.05, 0.1) is 13.2 Å². The van der Waals surface area contributed by atoms with Crippen LogP contribution in [0.5, 0.6) is 0 Å². The van der Waals surface area contributed by atoms with Gasteiger partial charge in [0.1, 0.15) is 11.0 Å². The molecule has 0 amide bonds. The third-order valence-electron chi connectivity index (χ3n) is 3.47. The minimum atomic E-state index is 0.427. The summed E-state index contributed by atoms with van der Waals surface area (Å²) in [5.41, 5.74) is 0.897. The minimum Gasteiger partial charge on any atom is -0.379 e. The molecule has 0 unspecified atom stereocenters. The number of halogens is 1. The second-order valence-corrected chi connectivity index (χ2v) is 5.40. The number of nitrogens with zero attached hydrogens (tertiary/aromatic N) is 4. The molecule has 2 aromatic rings. The maximum atomic E-state index is 6.09. The smallest absolute Gasteiger partial charge is 0.163 e. The van der Waals surface area contributed by atoms with Gasteiger partial charge in [0, 0.05) is 50.2 Å². The van der Waals surface area contributed by atoms with Gasteiger partial charge in [-0.3, -0.25) is 9.88 Å². The first kappa shape index (κ1) is 15.1. The first-order valence-electron chi connectivity index (χ1n) is 7.30. The van der Waals surface area contributed by atoms with Crippen molar-refractivity contribution < 1.29 is 4.74 Å². The zero-order valence-corrected chi connectivity index (χ0v) is 13.0. The molecule has 3 rings (SSSR count). The fraction of sp³-hybridized carbons (Fsp3) is 0.400. The number of hydrogen-bond acceptors (Lipinski definition) is 6. The Morgan fingerprint density at radius 2 is 1.95 bits per heavy atom. The van der Waals surface area contributed by atoms with E-state index < -0.39 is 0 Å². The number of rotatable bonds is 5. The second kappa shape index (κ2) is 7.49. The molecule has 1 fully saturated rings. The van der Waals surface area contributed by atoms with Crippen LogP contribution in [0.15, 0.2) is 30.6 Å². The zero-order chi connectivity index (χ0) is 15.2. The number of hydrogen-bond donors (Lipinski definition) is 1. The molecule has 6 nitrogen and oxygen atoms in total. The quantitative estimate of drug-likeness (QED) is 0.850. The van der Waals surface area contributed by atoms with E-state index in [4.69, 9.17) is 16.3 Å². The van der Waals surface area contributed by atoms with E-state index in [0.717, 1.165) is 50.8 Å². The number of nitrogens with one attached hydrogen (secondary N) is 1. The lowest BCUT2D eigenvalue weighted by Gasteiger charge is -2.26. The molecule has 0 aliphatic carbocycles. The van der Waals surface area contributed by atoms with Crippen LogP contribution in [0, 0.1) is 0 Å². The lowest BCUT2D eigenvalue weighted by atomic mass is 10.2. The third-order valence-corrected chi connectivity index (χ3v) is 3.66. The van der Waals surface area contributed by atoms with Crippen molar-refractivity contribution in [2.24, 2.45) is 0 Å². The standard InChI is InChI=1S/C15H18ClN5O/c16-13-11-14(18-5-6-21-7-9-22-10-8-21)20-15(19-13)12-1-3-17-4-2-12/h1-4,11H,5-10H2,(H,18,19,20). The minimum absolute atomic E-state index is 0.427. The van der Waals surface area contributed by atoms with Crippen LogP contribution in [-0.2, 0) is 4.74 Å². The van der Waals surface area contributed by atoms with Crippen LogP contribution in [-0.4, -0.2) is 59.2 Å². The average Bonchev–Trinajstić information content (AvgIpc) is 2.56. The number of morpholine rings is 1. The van der Waals surface area contributed by atoms with Gasteiger partial charge in [-0.05, 0) is 12.1 Å². The first-order chi connectivity index (χ1) is 10.8. The lowest BCUT2D eigenvalue weighted by Crippen LogP contribution is -2.39. The van der Waals surface area contributed by atoms with E-state index in [9.17, 15) is 0 Å². The van der Waals surface area contributed by atoms with E-state index in [-0.39, 0.29) is 0 Å². The summed E-state index contributed by atoms with van der Waals surface area (Å²) < 4.78 is 5.34. The Kier molecular flexibility index (Phi) is 5.15. The molecule has 3 heterocycles. The summed E-state index contributed by atoms with van der Waals surface area (Å²) in [6, 6.07) is 5.47. The van der Waals surface area contributed by atoms with Crippen molar-refractivity contribution in [3.05, 3.63) is 35.7 Å². The molecule has 0 saturated carbocycles. The predicted molar refractivity (Wildman–Crippen MR) is 86.0 cm³/mol. The molecule has 1 N–H and O–H groups in total. The highest BCUT2D eigenvalue weighted by molar-refractivity contribution is 6.29. The summed E-state index contributed by atoms with van der Waals surface area (Å²) >= 11 is 6.09. The molecule has 1 aliphatic heterocycles. The largest absolute Gasteiger partial charge is 0.379 e. The van der Waals surface area contributed by atoms with E-state index in [0.29, 0.717) is 11.0 Å². The Bertz CT molecular complexity index is 604. The highest BCUT2D eigenvalue weighted by Crippen LogP contribution is 2.19. The van der Waals surface area contributed by atoms with Crippen LogP contribution in [0.25, 0.3) is 11.4 Å². The van der Waals surface area contributed by atoms with E-state index in [1.165, 1.54) is 0 Å². The maximum Gasteiger partial charge on any atom is 0.163 e. The fourth-order valence-electron chi connectivity index (χ4n) is 2.31. The molecular weight excluding hydrogens is 302 g/mol. The monoisotopic (exact) mass is 319 g/mol. The van der Waals surface area contributed by atoms with Crippen LogP contribution in [0.3, 0.4) is 0 Å². The summed E-state index contributed by atoms with van der Waals surface area (Å²) in [6.07, 6.45) is 3.43. The van der Waals surface area contributed by atoms with Crippen molar-refractivity contribution in [1.29, 1.82) is 0 Å². The number of anilines is 1. The van der Waals surface area contributed by atoms with E-state index in [2.05, 4.69) is 25.2 Å². The molecule has 1 saturated heterocycles. The Balaban J connectivity index is 1.62. The van der Waals surface area contributed by atoms with E-state index in [1.807, 2.05) is 12.1 Å². The van der Waals surface area contributed by atoms with Gasteiger partial charge in [-0.2, -0.15) is 0 Å². The average molecular weight is 320 g/mol. The van der Waals surface area contributed by atoms with Gasteiger partial charge in [0.25, 0.3) is 0 Å². The Hall–Kier alpha value is -1.76. The summed E-state index contributed by atoms with van der Waals surface area (Å²) in [4.78, 5) is 15.1. The van der Waals surface area contributed by atoms with Gasteiger partial charge in [0.15, 0.2) is 5.82 Å². The van der Waals surface area contributed by atoms with Gasteiger partial charge >= 0.3 is 0 Å². The lowest BCUT2D eigenvalue weighted by molar-refractivity contribution is 0.0398. The molecular formula is C15H18ClN5O. The van der Waals surface area contributed by atoms with Crippen LogP contribution in [0.4, 0.5) is 5.82 Å². The Labute approximate surface area is 134 Å². The molecule has 0 atom stereocenters. The molecule has 7 heteroatoms. The van der Waals surface area contributed by atoms with Crippen molar-refractivity contribution in [3.8, 4) is 11.4 Å². The van der Waals surface area contributed by atoms with Crippen molar-refractivity contribution >= 4 is 17.4 Å². The van der Waals surface area contributed by atoms with Crippen molar-refractivity contribution in [2.75, 3.05) is 44.7 Å². The van der Waals surface area contributed by atoms with E-state index in [1.54, 1.807) is 18.5 Å². The van der Waals surface area contributed by atoms with Gasteiger partial charge < -0.3 is 10.1 Å². The number of ether oxygens (including phenoxy) is 1. The topological polar surface area (TPSA) is 63.2 Å². The van der Waals surface area contributed by atoms with Crippen LogP contribution in [0.1, 0.15) is 0 Å². The summed E-state index contributed by atoms with van der Waals surface area (Å²) in [5, 5.41) is 3.74. The second-order valence-electron chi connectivity index (χ2n) is 5.02. The van der Waals surface area contributed by atoms with Crippen LogP contribution in [0.2, 0.25) is 5.15 Å². The normalized spacial score (nSPS) is 15.7. The zero-order valence-electron chi connectivity index (χ0n) is 12.2. The number of aromatic nitrogens is 3. The van der Waals surface area contributed by atoms with Gasteiger partial charge in [-0.15, -0.1) is 0 Å². The highest BCUT2D eigenvalue weighted by atomic mass is 35.5. The molecule has 22 heavy (non-hydrogen) atoms. The molecule has 116 valence electrons.